The van der Waals surface area contributed by atoms with Gasteiger partial charge in [0.25, 0.3) is 0 Å². The molecule has 1 heterocycles. The fourth-order valence-electron chi connectivity index (χ4n) is 2.61. The number of carbonyl (C=O) groups is 2. The van der Waals surface area contributed by atoms with Gasteiger partial charge in [-0.1, -0.05) is 30.3 Å². The largest absolute Gasteiger partial charge is 0.481 e. The predicted octanol–water partition coefficient (Wildman–Crippen LogP) is 2.13. The van der Waals surface area contributed by atoms with Gasteiger partial charge in [-0.15, -0.1) is 0 Å². The van der Waals surface area contributed by atoms with Crippen molar-refractivity contribution >= 4 is 12.0 Å². The summed E-state index contributed by atoms with van der Waals surface area (Å²) in [6, 6.07) is 10.0. The molecule has 1 aromatic carbocycles. The molecular formula is C16H22N2O3. The van der Waals surface area contributed by atoms with Crippen molar-refractivity contribution in [3.8, 4) is 0 Å². The fraction of sp³-hybridized carbons (Fsp3) is 0.500. The number of carboxylic acids is 1. The van der Waals surface area contributed by atoms with Crippen LogP contribution in [0.15, 0.2) is 30.3 Å². The van der Waals surface area contributed by atoms with Crippen molar-refractivity contribution in [1.82, 2.24) is 10.2 Å². The predicted molar refractivity (Wildman–Crippen MR) is 80.1 cm³/mol. The molecular weight excluding hydrogens is 268 g/mol. The maximum atomic E-state index is 12.0. The second-order valence-electron chi connectivity index (χ2n) is 5.44. The van der Waals surface area contributed by atoms with Crippen molar-refractivity contribution in [2.24, 2.45) is 5.92 Å². The Morgan fingerprint density at radius 1 is 1.29 bits per heavy atom. The summed E-state index contributed by atoms with van der Waals surface area (Å²) in [4.78, 5) is 24.6. The highest BCUT2D eigenvalue weighted by Gasteiger charge is 2.27. The lowest BCUT2D eigenvalue weighted by molar-refractivity contribution is -0.143. The first-order chi connectivity index (χ1) is 10.2. The number of aliphatic carboxylic acids is 1. The van der Waals surface area contributed by atoms with E-state index in [-0.39, 0.29) is 6.03 Å². The van der Waals surface area contributed by atoms with Crippen LogP contribution in [-0.2, 0) is 11.2 Å². The van der Waals surface area contributed by atoms with Crippen LogP contribution < -0.4 is 5.32 Å². The number of hydrogen-bond acceptors (Lipinski definition) is 2. The second kappa shape index (κ2) is 7.67. The first-order valence-corrected chi connectivity index (χ1v) is 7.46. The van der Waals surface area contributed by atoms with E-state index in [1.54, 1.807) is 4.90 Å². The summed E-state index contributed by atoms with van der Waals surface area (Å²) in [7, 11) is 0. The highest BCUT2D eigenvalue weighted by molar-refractivity contribution is 5.76. The minimum absolute atomic E-state index is 0.144. The molecule has 1 unspecified atom stereocenters. The number of piperidine rings is 1. The van der Waals surface area contributed by atoms with Gasteiger partial charge in [-0.3, -0.25) is 4.79 Å². The van der Waals surface area contributed by atoms with Crippen LogP contribution in [0.4, 0.5) is 4.79 Å². The normalized spacial score (nSPS) is 18.3. The lowest BCUT2D eigenvalue weighted by Crippen LogP contribution is -2.47. The number of nitrogens with zero attached hydrogens (tertiary/aromatic N) is 1. The second-order valence-corrected chi connectivity index (χ2v) is 5.44. The first-order valence-electron chi connectivity index (χ1n) is 7.46. The van der Waals surface area contributed by atoms with Gasteiger partial charge in [-0.05, 0) is 31.2 Å². The van der Waals surface area contributed by atoms with Gasteiger partial charge in [-0.25, -0.2) is 4.79 Å². The standard InChI is InChI=1S/C16H22N2O3/c19-15(20)14-9-5-11-18(12-14)16(21)17-10-4-8-13-6-2-1-3-7-13/h1-3,6-7,14H,4-5,8-12H2,(H,17,21)(H,19,20). The van der Waals surface area contributed by atoms with Gasteiger partial charge >= 0.3 is 12.0 Å². The zero-order valence-electron chi connectivity index (χ0n) is 12.1. The Morgan fingerprint density at radius 2 is 2.05 bits per heavy atom. The first kappa shape index (κ1) is 15.4. The van der Waals surface area contributed by atoms with Gasteiger partial charge in [0.2, 0.25) is 0 Å². The lowest BCUT2D eigenvalue weighted by Gasteiger charge is -2.30. The maximum absolute atomic E-state index is 12.0. The molecule has 0 aromatic heterocycles. The summed E-state index contributed by atoms with van der Waals surface area (Å²) < 4.78 is 0. The minimum atomic E-state index is -0.809. The van der Waals surface area contributed by atoms with Crippen LogP contribution in [0.2, 0.25) is 0 Å². The number of carboxylic acid groups (broad SMARTS) is 1. The summed E-state index contributed by atoms with van der Waals surface area (Å²) in [5, 5.41) is 11.9. The molecule has 1 atom stereocenters. The minimum Gasteiger partial charge on any atom is -0.481 e. The van der Waals surface area contributed by atoms with Gasteiger partial charge in [0.1, 0.15) is 0 Å². The third-order valence-electron chi connectivity index (χ3n) is 3.82. The third-order valence-corrected chi connectivity index (χ3v) is 3.82. The van der Waals surface area contributed by atoms with Crippen LogP contribution in [0.25, 0.3) is 0 Å². The monoisotopic (exact) mass is 290 g/mol. The molecule has 1 aliphatic rings. The van der Waals surface area contributed by atoms with E-state index in [4.69, 9.17) is 5.11 Å². The van der Waals surface area contributed by atoms with Gasteiger partial charge in [-0.2, -0.15) is 0 Å². The Bertz CT molecular complexity index is 476. The van der Waals surface area contributed by atoms with E-state index in [2.05, 4.69) is 17.4 Å². The zero-order valence-corrected chi connectivity index (χ0v) is 12.1. The Balaban J connectivity index is 1.68. The Kier molecular flexibility index (Phi) is 5.60. The molecule has 0 saturated carbocycles. The molecule has 0 radical (unpaired) electrons. The average molecular weight is 290 g/mol. The number of nitrogens with one attached hydrogen (secondary N) is 1. The quantitative estimate of drug-likeness (QED) is 0.816. The Labute approximate surface area is 125 Å². The van der Waals surface area contributed by atoms with Crippen LogP contribution in [0.3, 0.4) is 0 Å². The van der Waals surface area contributed by atoms with Crippen molar-refractivity contribution in [1.29, 1.82) is 0 Å². The van der Waals surface area contributed by atoms with Gasteiger partial charge in [0.05, 0.1) is 5.92 Å². The molecule has 5 heteroatoms. The van der Waals surface area contributed by atoms with Crippen LogP contribution in [-0.4, -0.2) is 41.6 Å². The molecule has 114 valence electrons. The van der Waals surface area contributed by atoms with Crippen molar-refractivity contribution in [3.05, 3.63) is 35.9 Å². The lowest BCUT2D eigenvalue weighted by atomic mass is 9.99. The third kappa shape index (κ3) is 4.77. The summed E-state index contributed by atoms with van der Waals surface area (Å²) in [5.41, 5.74) is 1.26. The molecule has 5 nitrogen and oxygen atoms in total. The number of amides is 2. The zero-order chi connectivity index (χ0) is 15.1. The maximum Gasteiger partial charge on any atom is 0.317 e. The highest BCUT2D eigenvalue weighted by atomic mass is 16.4. The number of urea groups is 1. The van der Waals surface area contributed by atoms with E-state index >= 15 is 0 Å². The number of likely N-dealkylation sites (tertiary alicyclic amines) is 1. The Hall–Kier alpha value is -2.04. The molecule has 2 rings (SSSR count). The summed E-state index contributed by atoms with van der Waals surface area (Å²) in [6.45, 7) is 1.58. The van der Waals surface area contributed by atoms with E-state index in [9.17, 15) is 9.59 Å². The Morgan fingerprint density at radius 3 is 2.76 bits per heavy atom. The molecule has 21 heavy (non-hydrogen) atoms. The van der Waals surface area contributed by atoms with E-state index in [0.717, 1.165) is 19.3 Å². The SMILES string of the molecule is O=C(O)C1CCCN(C(=O)NCCCc2ccccc2)C1. The van der Waals surface area contributed by atoms with E-state index in [0.29, 0.717) is 26.1 Å². The number of benzene rings is 1. The molecule has 1 aliphatic heterocycles. The van der Waals surface area contributed by atoms with Crippen molar-refractivity contribution < 1.29 is 14.7 Å². The summed E-state index contributed by atoms with van der Waals surface area (Å²) in [5.74, 6) is -1.23. The van der Waals surface area contributed by atoms with Crippen molar-refractivity contribution in [2.45, 2.75) is 25.7 Å². The number of hydrogen-bond donors (Lipinski definition) is 2. The van der Waals surface area contributed by atoms with Gasteiger partial charge < -0.3 is 15.3 Å². The fourth-order valence-corrected chi connectivity index (χ4v) is 2.61. The molecule has 1 aromatic rings. The molecule has 1 saturated heterocycles. The molecule has 0 aliphatic carbocycles. The molecule has 1 fully saturated rings. The summed E-state index contributed by atoms with van der Waals surface area (Å²) in [6.07, 6.45) is 3.23. The van der Waals surface area contributed by atoms with Crippen LogP contribution in [0, 0.1) is 5.92 Å². The van der Waals surface area contributed by atoms with Gasteiger partial charge in [0.15, 0.2) is 0 Å². The van der Waals surface area contributed by atoms with Crippen LogP contribution in [0.1, 0.15) is 24.8 Å². The molecule has 0 spiro atoms. The number of carbonyl (C=O) groups excluding carboxylic acids is 1. The number of rotatable bonds is 5. The van der Waals surface area contributed by atoms with E-state index < -0.39 is 11.9 Å². The van der Waals surface area contributed by atoms with Crippen molar-refractivity contribution in [3.63, 3.8) is 0 Å². The van der Waals surface area contributed by atoms with Crippen LogP contribution in [0.5, 0.6) is 0 Å². The van der Waals surface area contributed by atoms with Gasteiger partial charge in [0, 0.05) is 19.6 Å². The summed E-state index contributed by atoms with van der Waals surface area (Å²) >= 11 is 0. The smallest absolute Gasteiger partial charge is 0.317 e. The molecule has 2 amide bonds. The van der Waals surface area contributed by atoms with Crippen molar-refractivity contribution in [2.75, 3.05) is 19.6 Å². The number of aryl methyl sites for hydroxylation is 1. The molecule has 0 bridgehead atoms. The average Bonchev–Trinajstić information content (AvgIpc) is 2.52. The highest BCUT2D eigenvalue weighted by Crippen LogP contribution is 2.16. The van der Waals surface area contributed by atoms with E-state index in [1.807, 2.05) is 18.2 Å². The topological polar surface area (TPSA) is 69.6 Å². The van der Waals surface area contributed by atoms with Crippen LogP contribution >= 0.6 is 0 Å². The molecule has 2 N–H and O–H groups in total. The van der Waals surface area contributed by atoms with E-state index in [1.165, 1.54) is 5.56 Å².